The lowest BCUT2D eigenvalue weighted by Crippen LogP contribution is -2.50. The van der Waals surface area contributed by atoms with Crippen LogP contribution in [0.25, 0.3) is 0 Å². The van der Waals surface area contributed by atoms with Gasteiger partial charge in [-0.25, -0.2) is 21.1 Å². The van der Waals surface area contributed by atoms with E-state index in [1.807, 2.05) is 6.92 Å². The molecular formula is C23H31N3O6S2. The smallest absolute Gasteiger partial charge is 0.243 e. The van der Waals surface area contributed by atoms with Gasteiger partial charge in [-0.3, -0.25) is 4.79 Å². The highest BCUT2D eigenvalue weighted by Crippen LogP contribution is 2.25. The summed E-state index contributed by atoms with van der Waals surface area (Å²) in [6.45, 7) is 2.95. The molecule has 0 aromatic heterocycles. The highest BCUT2D eigenvalue weighted by molar-refractivity contribution is 7.89. The molecule has 0 N–H and O–H groups in total. The van der Waals surface area contributed by atoms with Crippen LogP contribution in [0.15, 0.2) is 52.3 Å². The predicted molar refractivity (Wildman–Crippen MR) is 129 cm³/mol. The lowest BCUT2D eigenvalue weighted by atomic mass is 10.1. The van der Waals surface area contributed by atoms with Crippen LogP contribution in [0.4, 0.5) is 0 Å². The van der Waals surface area contributed by atoms with Gasteiger partial charge in [-0.05, 0) is 49.2 Å². The van der Waals surface area contributed by atoms with Crippen molar-refractivity contribution in [3.8, 4) is 5.75 Å². The summed E-state index contributed by atoms with van der Waals surface area (Å²) in [7, 11) is -2.79. The molecule has 1 aliphatic rings. The number of methoxy groups -OCH3 is 1. The number of piperazine rings is 1. The zero-order chi connectivity index (χ0) is 25.1. The number of ether oxygens (including phenoxy) is 1. The minimum atomic E-state index is -3.61. The van der Waals surface area contributed by atoms with Crippen LogP contribution >= 0.6 is 0 Å². The summed E-state index contributed by atoms with van der Waals surface area (Å²) in [5.74, 6) is 0.398. The maximum Gasteiger partial charge on any atom is 0.243 e. The third kappa shape index (κ3) is 5.60. The average Bonchev–Trinajstić information content (AvgIpc) is 2.82. The molecular weight excluding hydrogens is 478 g/mol. The first-order chi connectivity index (χ1) is 16.0. The molecule has 1 aliphatic heterocycles. The number of rotatable bonds is 8. The van der Waals surface area contributed by atoms with E-state index in [2.05, 4.69) is 0 Å². The summed E-state index contributed by atoms with van der Waals surface area (Å²) in [5.41, 5.74) is 1.61. The van der Waals surface area contributed by atoms with Gasteiger partial charge in [-0.1, -0.05) is 17.7 Å². The van der Waals surface area contributed by atoms with Gasteiger partial charge >= 0.3 is 0 Å². The quantitative estimate of drug-likeness (QED) is 0.537. The van der Waals surface area contributed by atoms with E-state index >= 15 is 0 Å². The van der Waals surface area contributed by atoms with E-state index in [-0.39, 0.29) is 35.2 Å². The summed E-state index contributed by atoms with van der Waals surface area (Å²) in [6.07, 6.45) is 0.465. The van der Waals surface area contributed by atoms with E-state index in [0.717, 1.165) is 9.87 Å². The molecule has 186 valence electrons. The van der Waals surface area contributed by atoms with Crippen molar-refractivity contribution in [1.82, 2.24) is 13.5 Å². The molecule has 0 atom stereocenters. The van der Waals surface area contributed by atoms with Gasteiger partial charge in [0.2, 0.25) is 26.0 Å². The highest BCUT2D eigenvalue weighted by Gasteiger charge is 2.30. The molecule has 34 heavy (non-hydrogen) atoms. The predicted octanol–water partition coefficient (Wildman–Crippen LogP) is 1.72. The summed E-state index contributed by atoms with van der Waals surface area (Å²) in [6, 6.07) is 11.3. The molecule has 9 nitrogen and oxygen atoms in total. The summed E-state index contributed by atoms with van der Waals surface area (Å²) >= 11 is 0. The van der Waals surface area contributed by atoms with Crippen LogP contribution < -0.4 is 4.74 Å². The Kier molecular flexibility index (Phi) is 8.02. The Morgan fingerprint density at radius 2 is 1.53 bits per heavy atom. The molecule has 1 amide bonds. The topological polar surface area (TPSA) is 104 Å². The molecule has 0 saturated carbocycles. The van der Waals surface area contributed by atoms with Gasteiger partial charge in [0.05, 0.1) is 16.9 Å². The molecule has 1 saturated heterocycles. The molecule has 0 aliphatic carbocycles. The first kappa shape index (κ1) is 26.1. The number of sulfonamides is 2. The number of aryl methyl sites for hydroxylation is 2. The fraction of sp³-hybridized carbons (Fsp3) is 0.435. The SMILES string of the molecule is COc1ccc(S(=O)(=O)N(C)C)cc1CCC(=O)N1CCN(S(=O)(=O)c2ccc(C)cc2)CC1. The summed E-state index contributed by atoms with van der Waals surface area (Å²) < 4.78 is 58.5. The van der Waals surface area contributed by atoms with Gasteiger partial charge in [0.25, 0.3) is 0 Å². The molecule has 0 bridgehead atoms. The Balaban J connectivity index is 1.63. The number of nitrogens with zero attached hydrogens (tertiary/aromatic N) is 3. The molecule has 2 aromatic carbocycles. The van der Waals surface area contributed by atoms with E-state index in [0.29, 0.717) is 30.8 Å². The van der Waals surface area contributed by atoms with Gasteiger partial charge in [0.15, 0.2) is 0 Å². The van der Waals surface area contributed by atoms with E-state index in [1.54, 1.807) is 35.2 Å². The molecule has 0 spiro atoms. The Labute approximate surface area is 202 Å². The van der Waals surface area contributed by atoms with E-state index in [4.69, 9.17) is 4.74 Å². The minimum absolute atomic E-state index is 0.115. The Morgan fingerprint density at radius 3 is 2.09 bits per heavy atom. The Morgan fingerprint density at radius 1 is 0.941 bits per heavy atom. The molecule has 0 radical (unpaired) electrons. The minimum Gasteiger partial charge on any atom is -0.496 e. The number of amides is 1. The maximum absolute atomic E-state index is 12.9. The van der Waals surface area contributed by atoms with Crippen LogP contribution in [0.5, 0.6) is 5.75 Å². The Bertz CT molecular complexity index is 1230. The van der Waals surface area contributed by atoms with Gasteiger partial charge in [0, 0.05) is 46.7 Å². The lowest BCUT2D eigenvalue weighted by molar-refractivity contribution is -0.132. The maximum atomic E-state index is 12.9. The zero-order valence-corrected chi connectivity index (χ0v) is 21.5. The fourth-order valence-electron chi connectivity index (χ4n) is 3.76. The first-order valence-corrected chi connectivity index (χ1v) is 13.8. The lowest BCUT2D eigenvalue weighted by Gasteiger charge is -2.34. The van der Waals surface area contributed by atoms with Crippen LogP contribution in [0, 0.1) is 6.92 Å². The van der Waals surface area contributed by atoms with Gasteiger partial charge in [-0.2, -0.15) is 4.31 Å². The number of carbonyl (C=O) groups is 1. The largest absolute Gasteiger partial charge is 0.496 e. The van der Waals surface area contributed by atoms with Gasteiger partial charge in [0.1, 0.15) is 5.75 Å². The number of hydrogen-bond acceptors (Lipinski definition) is 6. The highest BCUT2D eigenvalue weighted by atomic mass is 32.2. The monoisotopic (exact) mass is 509 g/mol. The van der Waals surface area contributed by atoms with E-state index in [9.17, 15) is 21.6 Å². The zero-order valence-electron chi connectivity index (χ0n) is 19.9. The van der Waals surface area contributed by atoms with E-state index in [1.165, 1.54) is 37.6 Å². The summed E-state index contributed by atoms with van der Waals surface area (Å²) in [4.78, 5) is 14.8. The van der Waals surface area contributed by atoms with Gasteiger partial charge < -0.3 is 9.64 Å². The van der Waals surface area contributed by atoms with Crippen molar-refractivity contribution >= 4 is 26.0 Å². The van der Waals surface area contributed by atoms with Crippen molar-refractivity contribution in [3.63, 3.8) is 0 Å². The van der Waals surface area contributed by atoms with Gasteiger partial charge in [-0.15, -0.1) is 0 Å². The second kappa shape index (κ2) is 10.4. The molecule has 3 rings (SSSR count). The molecule has 1 fully saturated rings. The van der Waals surface area contributed by atoms with Crippen molar-refractivity contribution in [2.24, 2.45) is 0 Å². The average molecular weight is 510 g/mol. The van der Waals surface area contributed by atoms with Crippen molar-refractivity contribution in [2.75, 3.05) is 47.4 Å². The number of benzene rings is 2. The standard InChI is InChI=1S/C23H31N3O6S2/c1-18-5-8-20(9-6-18)34(30,31)26-15-13-25(14-16-26)23(27)12-7-19-17-21(10-11-22(19)32-4)33(28,29)24(2)3/h5-6,8-11,17H,7,12-16H2,1-4H3. The molecule has 11 heteroatoms. The molecule has 1 heterocycles. The van der Waals surface area contributed by atoms with Crippen molar-refractivity contribution < 1.29 is 26.4 Å². The van der Waals surface area contributed by atoms with Crippen molar-refractivity contribution in [3.05, 3.63) is 53.6 Å². The normalized spacial score (nSPS) is 15.5. The first-order valence-electron chi connectivity index (χ1n) is 10.9. The second-order valence-corrected chi connectivity index (χ2v) is 12.4. The van der Waals surface area contributed by atoms with Crippen LogP contribution in [-0.4, -0.2) is 83.6 Å². The molecule has 0 unspecified atom stereocenters. The van der Waals surface area contributed by atoms with Crippen LogP contribution in [0.1, 0.15) is 17.5 Å². The third-order valence-corrected chi connectivity index (χ3v) is 9.61. The molecule has 2 aromatic rings. The van der Waals surface area contributed by atoms with Crippen molar-refractivity contribution in [1.29, 1.82) is 0 Å². The Hall–Kier alpha value is -2.47. The summed E-state index contributed by atoms with van der Waals surface area (Å²) in [5, 5.41) is 0. The van der Waals surface area contributed by atoms with Crippen LogP contribution in [0.3, 0.4) is 0 Å². The second-order valence-electron chi connectivity index (χ2n) is 8.36. The third-order valence-electron chi connectivity index (χ3n) is 5.89. The fourth-order valence-corrected chi connectivity index (χ4v) is 6.13. The van der Waals surface area contributed by atoms with Crippen LogP contribution in [0.2, 0.25) is 0 Å². The van der Waals surface area contributed by atoms with E-state index < -0.39 is 20.0 Å². The van der Waals surface area contributed by atoms with Crippen LogP contribution in [-0.2, 0) is 31.3 Å². The van der Waals surface area contributed by atoms with Crippen molar-refractivity contribution in [2.45, 2.75) is 29.6 Å². The number of hydrogen-bond donors (Lipinski definition) is 0. The number of carbonyl (C=O) groups excluding carboxylic acids is 1.